The lowest BCUT2D eigenvalue weighted by atomic mass is 10.0. The first-order valence-corrected chi connectivity index (χ1v) is 7.28. The number of aliphatic hydroxyl groups is 1. The van der Waals surface area contributed by atoms with Gasteiger partial charge in [0.2, 0.25) is 0 Å². The van der Waals surface area contributed by atoms with E-state index in [9.17, 15) is 9.50 Å². The third-order valence-electron chi connectivity index (χ3n) is 3.26. The summed E-state index contributed by atoms with van der Waals surface area (Å²) < 4.78 is 14.6. The Hall–Kier alpha value is -1.23. The van der Waals surface area contributed by atoms with E-state index in [1.165, 1.54) is 6.07 Å². The average Bonchev–Trinajstić information content (AvgIpc) is 2.45. The van der Waals surface area contributed by atoms with Gasteiger partial charge in [0.15, 0.2) is 0 Å². The zero-order valence-electron chi connectivity index (χ0n) is 11.2. The fourth-order valence-corrected chi connectivity index (χ4v) is 2.52. The zero-order chi connectivity index (χ0) is 14.5. The van der Waals surface area contributed by atoms with Gasteiger partial charge in [-0.05, 0) is 24.6 Å². The molecule has 0 saturated heterocycles. The molecule has 20 heavy (non-hydrogen) atoms. The summed E-state index contributed by atoms with van der Waals surface area (Å²) in [5.74, 6) is -0.260. The molecule has 0 aromatic heterocycles. The van der Waals surface area contributed by atoms with E-state index in [0.717, 1.165) is 5.56 Å². The summed E-state index contributed by atoms with van der Waals surface area (Å²) in [4.78, 5) is 0. The van der Waals surface area contributed by atoms with Crippen molar-refractivity contribution in [3.8, 4) is 0 Å². The predicted octanol–water partition coefficient (Wildman–Crippen LogP) is 3.97. The number of halogens is 2. The maximum absolute atomic E-state index is 13.9. The molecule has 0 radical (unpaired) electrons. The summed E-state index contributed by atoms with van der Waals surface area (Å²) >= 11 is 3.25. The molecule has 0 aliphatic heterocycles. The van der Waals surface area contributed by atoms with Crippen LogP contribution in [-0.2, 0) is 0 Å². The van der Waals surface area contributed by atoms with Gasteiger partial charge in [0.25, 0.3) is 0 Å². The van der Waals surface area contributed by atoms with E-state index < -0.39 is 0 Å². The minimum Gasteiger partial charge on any atom is -0.394 e. The Labute approximate surface area is 126 Å². The Morgan fingerprint density at radius 1 is 1.20 bits per heavy atom. The van der Waals surface area contributed by atoms with Crippen molar-refractivity contribution in [3.05, 3.63) is 69.9 Å². The second-order valence-corrected chi connectivity index (χ2v) is 5.62. The first kappa shape index (κ1) is 15.2. The lowest BCUT2D eigenvalue weighted by Gasteiger charge is -2.23. The van der Waals surface area contributed by atoms with Gasteiger partial charge in [0.1, 0.15) is 5.82 Å². The van der Waals surface area contributed by atoms with Crippen LogP contribution >= 0.6 is 15.9 Å². The van der Waals surface area contributed by atoms with Crippen molar-refractivity contribution in [1.29, 1.82) is 0 Å². The molecule has 0 amide bonds. The van der Waals surface area contributed by atoms with Crippen molar-refractivity contribution in [2.75, 3.05) is 6.61 Å². The topological polar surface area (TPSA) is 32.3 Å². The van der Waals surface area contributed by atoms with Gasteiger partial charge >= 0.3 is 0 Å². The molecule has 106 valence electrons. The van der Waals surface area contributed by atoms with Crippen LogP contribution in [-0.4, -0.2) is 11.7 Å². The fraction of sp³-hybridized carbons (Fsp3) is 0.250. The minimum absolute atomic E-state index is 0.0352. The summed E-state index contributed by atoms with van der Waals surface area (Å²) in [6, 6.07) is 14.3. The monoisotopic (exact) mass is 337 g/mol. The second kappa shape index (κ2) is 6.97. The van der Waals surface area contributed by atoms with Crippen LogP contribution in [0.4, 0.5) is 4.39 Å². The first-order chi connectivity index (χ1) is 9.61. The summed E-state index contributed by atoms with van der Waals surface area (Å²) in [6.07, 6.45) is 0. The van der Waals surface area contributed by atoms with Crippen molar-refractivity contribution in [1.82, 2.24) is 5.32 Å². The number of benzene rings is 2. The van der Waals surface area contributed by atoms with Crippen LogP contribution < -0.4 is 5.32 Å². The predicted molar refractivity (Wildman–Crippen MR) is 81.9 cm³/mol. The molecule has 2 atom stereocenters. The molecule has 0 spiro atoms. The quantitative estimate of drug-likeness (QED) is 0.865. The molecule has 4 heteroatoms. The van der Waals surface area contributed by atoms with E-state index in [0.29, 0.717) is 10.0 Å². The van der Waals surface area contributed by atoms with Crippen LogP contribution in [0.15, 0.2) is 53.0 Å². The number of hydrogen-bond donors (Lipinski definition) is 2. The number of rotatable bonds is 5. The van der Waals surface area contributed by atoms with Crippen LogP contribution in [0.1, 0.15) is 30.1 Å². The molecule has 2 nitrogen and oxygen atoms in total. The second-order valence-electron chi connectivity index (χ2n) is 4.70. The highest BCUT2D eigenvalue weighted by molar-refractivity contribution is 9.10. The molecule has 2 aromatic carbocycles. The van der Waals surface area contributed by atoms with E-state index >= 15 is 0 Å². The summed E-state index contributed by atoms with van der Waals surface area (Å²) in [6.45, 7) is 1.85. The van der Waals surface area contributed by atoms with Gasteiger partial charge in [0, 0.05) is 16.1 Å². The van der Waals surface area contributed by atoms with Crippen molar-refractivity contribution in [2.45, 2.75) is 19.0 Å². The van der Waals surface area contributed by atoms with Crippen LogP contribution in [0.25, 0.3) is 0 Å². The maximum Gasteiger partial charge on any atom is 0.129 e. The average molecular weight is 338 g/mol. The maximum atomic E-state index is 13.9. The lowest BCUT2D eigenvalue weighted by Crippen LogP contribution is -2.27. The number of hydrogen-bond acceptors (Lipinski definition) is 2. The van der Waals surface area contributed by atoms with Gasteiger partial charge in [-0.1, -0.05) is 52.3 Å². The Kier molecular flexibility index (Phi) is 5.29. The zero-order valence-corrected chi connectivity index (χ0v) is 12.8. The molecule has 0 aliphatic rings. The number of nitrogens with one attached hydrogen (secondary N) is 1. The van der Waals surface area contributed by atoms with E-state index in [-0.39, 0.29) is 24.5 Å². The van der Waals surface area contributed by atoms with E-state index in [1.807, 2.05) is 43.3 Å². The molecular weight excluding hydrogens is 321 g/mol. The molecule has 0 fully saturated rings. The van der Waals surface area contributed by atoms with Crippen molar-refractivity contribution >= 4 is 15.9 Å². The molecule has 0 bridgehead atoms. The van der Waals surface area contributed by atoms with E-state index in [4.69, 9.17) is 0 Å². The molecule has 2 N–H and O–H groups in total. The van der Waals surface area contributed by atoms with Gasteiger partial charge < -0.3 is 10.4 Å². The van der Waals surface area contributed by atoms with Gasteiger partial charge in [-0.2, -0.15) is 0 Å². The summed E-state index contributed by atoms with van der Waals surface area (Å²) in [5.41, 5.74) is 1.57. The standard InChI is InChI=1S/C16H17BrFNO/c1-11(14-8-7-13(17)9-15(14)18)19-16(10-20)12-5-3-2-4-6-12/h2-9,11,16,19-20H,10H2,1H3. The summed E-state index contributed by atoms with van der Waals surface area (Å²) in [7, 11) is 0. The molecule has 0 saturated carbocycles. The van der Waals surface area contributed by atoms with Crippen LogP contribution in [0.2, 0.25) is 0 Å². The van der Waals surface area contributed by atoms with Crippen LogP contribution in [0.3, 0.4) is 0 Å². The van der Waals surface area contributed by atoms with Crippen molar-refractivity contribution < 1.29 is 9.50 Å². The van der Waals surface area contributed by atoms with E-state index in [2.05, 4.69) is 21.2 Å². The van der Waals surface area contributed by atoms with Crippen LogP contribution in [0.5, 0.6) is 0 Å². The van der Waals surface area contributed by atoms with Crippen molar-refractivity contribution in [3.63, 3.8) is 0 Å². The Balaban J connectivity index is 2.15. The largest absolute Gasteiger partial charge is 0.394 e. The number of aliphatic hydroxyl groups excluding tert-OH is 1. The Morgan fingerprint density at radius 2 is 1.90 bits per heavy atom. The molecule has 0 heterocycles. The van der Waals surface area contributed by atoms with Gasteiger partial charge in [-0.3, -0.25) is 0 Å². The Bertz CT molecular complexity index is 562. The fourth-order valence-electron chi connectivity index (χ4n) is 2.18. The molecular formula is C16H17BrFNO. The first-order valence-electron chi connectivity index (χ1n) is 6.48. The summed E-state index contributed by atoms with van der Waals surface area (Å²) in [5, 5.41) is 12.8. The smallest absolute Gasteiger partial charge is 0.129 e. The Morgan fingerprint density at radius 3 is 2.50 bits per heavy atom. The third kappa shape index (κ3) is 3.66. The molecule has 2 aromatic rings. The highest BCUT2D eigenvalue weighted by atomic mass is 79.9. The van der Waals surface area contributed by atoms with Gasteiger partial charge in [0.05, 0.1) is 12.6 Å². The molecule has 2 unspecified atom stereocenters. The highest BCUT2D eigenvalue weighted by Crippen LogP contribution is 2.23. The minimum atomic E-state index is -0.260. The van der Waals surface area contributed by atoms with Gasteiger partial charge in [-0.25, -0.2) is 4.39 Å². The SMILES string of the molecule is CC(NC(CO)c1ccccc1)c1ccc(Br)cc1F. The van der Waals surface area contributed by atoms with Crippen molar-refractivity contribution in [2.24, 2.45) is 0 Å². The normalized spacial score (nSPS) is 14.0. The molecule has 2 rings (SSSR count). The highest BCUT2D eigenvalue weighted by Gasteiger charge is 2.17. The lowest BCUT2D eigenvalue weighted by molar-refractivity contribution is 0.234. The van der Waals surface area contributed by atoms with Crippen LogP contribution in [0, 0.1) is 5.82 Å². The third-order valence-corrected chi connectivity index (χ3v) is 3.76. The van der Waals surface area contributed by atoms with E-state index in [1.54, 1.807) is 6.07 Å². The van der Waals surface area contributed by atoms with Gasteiger partial charge in [-0.15, -0.1) is 0 Å². The molecule has 0 aliphatic carbocycles.